The predicted molar refractivity (Wildman–Crippen MR) is 115 cm³/mol. The van der Waals surface area contributed by atoms with Gasteiger partial charge in [-0.15, -0.1) is 6.58 Å². The molecule has 0 amide bonds. The van der Waals surface area contributed by atoms with Crippen LogP contribution in [0.15, 0.2) is 55.1 Å². The van der Waals surface area contributed by atoms with Crippen LogP contribution in [-0.2, 0) is 6.42 Å². The second kappa shape index (κ2) is 9.88. The standard InChI is InChI=1S/C26H33F/c1-3-5-7-20-9-12-22(13-10-20)23-14-16-24(17-15-23)25-18-11-21(8-6-4-2)19-26(25)27/h4,11,14-20,22H,2-3,5-10,12-13H2,1H3. The van der Waals surface area contributed by atoms with Crippen LogP contribution in [0, 0.1) is 11.7 Å². The lowest BCUT2D eigenvalue weighted by atomic mass is 9.77. The first-order chi connectivity index (χ1) is 13.2. The molecule has 1 heteroatoms. The highest BCUT2D eigenvalue weighted by atomic mass is 19.1. The first-order valence-corrected chi connectivity index (χ1v) is 10.7. The van der Waals surface area contributed by atoms with E-state index in [1.165, 1.54) is 50.5 Å². The van der Waals surface area contributed by atoms with E-state index in [4.69, 9.17) is 0 Å². The molecule has 0 aromatic heterocycles. The summed E-state index contributed by atoms with van der Waals surface area (Å²) >= 11 is 0. The van der Waals surface area contributed by atoms with Crippen molar-refractivity contribution >= 4 is 0 Å². The van der Waals surface area contributed by atoms with E-state index in [9.17, 15) is 4.39 Å². The molecule has 0 radical (unpaired) electrons. The van der Waals surface area contributed by atoms with Crippen molar-refractivity contribution in [3.63, 3.8) is 0 Å². The Morgan fingerprint density at radius 3 is 2.41 bits per heavy atom. The lowest BCUT2D eigenvalue weighted by Gasteiger charge is -2.29. The van der Waals surface area contributed by atoms with E-state index in [0.717, 1.165) is 29.9 Å². The van der Waals surface area contributed by atoms with Gasteiger partial charge in [0.15, 0.2) is 0 Å². The molecule has 1 aliphatic carbocycles. The Morgan fingerprint density at radius 1 is 1.04 bits per heavy atom. The minimum Gasteiger partial charge on any atom is -0.206 e. The zero-order chi connectivity index (χ0) is 19.1. The number of halogens is 1. The maximum absolute atomic E-state index is 14.5. The molecule has 1 saturated carbocycles. The fourth-order valence-corrected chi connectivity index (χ4v) is 4.43. The van der Waals surface area contributed by atoms with Crippen LogP contribution in [0.1, 0.15) is 75.3 Å². The fraction of sp³-hybridized carbons (Fsp3) is 0.462. The fourth-order valence-electron chi connectivity index (χ4n) is 4.43. The number of aryl methyl sites for hydroxylation is 1. The van der Waals surface area contributed by atoms with Gasteiger partial charge in [-0.05, 0) is 73.1 Å². The van der Waals surface area contributed by atoms with Crippen molar-refractivity contribution < 1.29 is 4.39 Å². The Kier molecular flexibility index (Phi) is 7.26. The summed E-state index contributed by atoms with van der Waals surface area (Å²) in [5.41, 5.74) is 4.14. The zero-order valence-corrected chi connectivity index (χ0v) is 16.7. The average Bonchev–Trinajstić information content (AvgIpc) is 2.71. The topological polar surface area (TPSA) is 0 Å². The number of unbranched alkanes of at least 4 members (excludes halogenated alkanes) is 1. The van der Waals surface area contributed by atoms with Gasteiger partial charge < -0.3 is 0 Å². The number of hydrogen-bond donors (Lipinski definition) is 0. The predicted octanol–water partition coefficient (Wildman–Crippen LogP) is 8.08. The quantitative estimate of drug-likeness (QED) is 0.415. The molecule has 0 unspecified atom stereocenters. The Labute approximate surface area is 164 Å². The summed E-state index contributed by atoms with van der Waals surface area (Å²) in [7, 11) is 0. The average molecular weight is 365 g/mol. The zero-order valence-electron chi connectivity index (χ0n) is 16.7. The van der Waals surface area contributed by atoms with Gasteiger partial charge in [-0.1, -0.05) is 68.7 Å². The van der Waals surface area contributed by atoms with E-state index >= 15 is 0 Å². The highest BCUT2D eigenvalue weighted by Gasteiger charge is 2.22. The van der Waals surface area contributed by atoms with E-state index in [0.29, 0.717) is 11.5 Å². The largest absolute Gasteiger partial charge is 0.206 e. The van der Waals surface area contributed by atoms with Crippen molar-refractivity contribution in [3.8, 4) is 11.1 Å². The third-order valence-electron chi connectivity index (χ3n) is 6.18. The number of benzene rings is 2. The molecular formula is C26H33F. The van der Waals surface area contributed by atoms with Crippen LogP contribution in [0.5, 0.6) is 0 Å². The van der Waals surface area contributed by atoms with E-state index < -0.39 is 0 Å². The summed E-state index contributed by atoms with van der Waals surface area (Å²) in [5.74, 6) is 1.50. The summed E-state index contributed by atoms with van der Waals surface area (Å²) in [4.78, 5) is 0. The highest BCUT2D eigenvalue weighted by molar-refractivity contribution is 5.65. The summed E-state index contributed by atoms with van der Waals surface area (Å²) < 4.78 is 14.5. The Hall–Kier alpha value is -1.89. The number of hydrogen-bond acceptors (Lipinski definition) is 0. The van der Waals surface area contributed by atoms with E-state index in [2.05, 4.69) is 37.8 Å². The normalized spacial score (nSPS) is 19.8. The number of allylic oxidation sites excluding steroid dienone is 1. The van der Waals surface area contributed by atoms with Crippen molar-refractivity contribution in [3.05, 3.63) is 72.1 Å². The van der Waals surface area contributed by atoms with Crippen molar-refractivity contribution in [2.24, 2.45) is 5.92 Å². The summed E-state index contributed by atoms with van der Waals surface area (Å²) in [6.45, 7) is 6.02. The van der Waals surface area contributed by atoms with Crippen LogP contribution >= 0.6 is 0 Å². The van der Waals surface area contributed by atoms with E-state index in [1.54, 1.807) is 6.07 Å². The molecule has 1 aliphatic rings. The van der Waals surface area contributed by atoms with Crippen LogP contribution in [0.4, 0.5) is 4.39 Å². The molecule has 0 saturated heterocycles. The maximum atomic E-state index is 14.5. The highest BCUT2D eigenvalue weighted by Crippen LogP contribution is 2.38. The second-order valence-electron chi connectivity index (χ2n) is 8.12. The van der Waals surface area contributed by atoms with Gasteiger partial charge in [-0.25, -0.2) is 4.39 Å². The van der Waals surface area contributed by atoms with Gasteiger partial charge in [0.05, 0.1) is 0 Å². The molecule has 3 rings (SSSR count). The first-order valence-electron chi connectivity index (χ1n) is 10.7. The van der Waals surface area contributed by atoms with Gasteiger partial charge in [0, 0.05) is 5.56 Å². The van der Waals surface area contributed by atoms with Gasteiger partial charge in [0.25, 0.3) is 0 Å². The molecule has 0 heterocycles. The van der Waals surface area contributed by atoms with Crippen molar-refractivity contribution in [1.82, 2.24) is 0 Å². The Morgan fingerprint density at radius 2 is 1.78 bits per heavy atom. The summed E-state index contributed by atoms with van der Waals surface area (Å²) in [6.07, 6.45) is 13.1. The molecule has 0 nitrogen and oxygen atoms in total. The third-order valence-corrected chi connectivity index (χ3v) is 6.18. The van der Waals surface area contributed by atoms with Gasteiger partial charge >= 0.3 is 0 Å². The first kappa shape index (κ1) is 19.9. The molecule has 2 aromatic carbocycles. The minimum absolute atomic E-state index is 0.124. The second-order valence-corrected chi connectivity index (χ2v) is 8.12. The molecule has 27 heavy (non-hydrogen) atoms. The van der Waals surface area contributed by atoms with Crippen LogP contribution < -0.4 is 0 Å². The van der Waals surface area contributed by atoms with Crippen molar-refractivity contribution in [2.75, 3.05) is 0 Å². The smallest absolute Gasteiger partial charge is 0.131 e. The van der Waals surface area contributed by atoms with Crippen LogP contribution in [0.2, 0.25) is 0 Å². The lowest BCUT2D eigenvalue weighted by Crippen LogP contribution is -2.13. The molecular weight excluding hydrogens is 331 g/mol. The molecule has 0 aliphatic heterocycles. The van der Waals surface area contributed by atoms with Crippen LogP contribution in [0.3, 0.4) is 0 Å². The lowest BCUT2D eigenvalue weighted by molar-refractivity contribution is 0.304. The molecule has 1 fully saturated rings. The van der Waals surface area contributed by atoms with Crippen molar-refractivity contribution in [2.45, 2.75) is 70.6 Å². The summed E-state index contributed by atoms with van der Waals surface area (Å²) in [6, 6.07) is 14.3. The third kappa shape index (κ3) is 5.31. The van der Waals surface area contributed by atoms with Crippen molar-refractivity contribution in [1.29, 1.82) is 0 Å². The van der Waals surface area contributed by atoms with Gasteiger partial charge in [0.2, 0.25) is 0 Å². The van der Waals surface area contributed by atoms with E-state index in [-0.39, 0.29) is 5.82 Å². The van der Waals surface area contributed by atoms with Gasteiger partial charge in [-0.2, -0.15) is 0 Å². The number of rotatable bonds is 8. The molecule has 0 atom stereocenters. The molecule has 0 bridgehead atoms. The Bertz CT molecular complexity index is 720. The SMILES string of the molecule is C=CCCc1ccc(-c2ccc(C3CCC(CCCC)CC3)cc2)c(F)c1. The molecule has 0 N–H and O–H groups in total. The van der Waals surface area contributed by atoms with Crippen LogP contribution in [0.25, 0.3) is 11.1 Å². The minimum atomic E-state index is -0.124. The molecule has 144 valence electrons. The van der Waals surface area contributed by atoms with E-state index in [1.807, 2.05) is 18.2 Å². The van der Waals surface area contributed by atoms with Gasteiger partial charge in [-0.3, -0.25) is 0 Å². The summed E-state index contributed by atoms with van der Waals surface area (Å²) in [5, 5.41) is 0. The van der Waals surface area contributed by atoms with Gasteiger partial charge in [0.1, 0.15) is 5.82 Å². The molecule has 0 spiro atoms. The maximum Gasteiger partial charge on any atom is 0.131 e. The Balaban J connectivity index is 1.63. The monoisotopic (exact) mass is 364 g/mol. The molecule has 2 aromatic rings. The van der Waals surface area contributed by atoms with Crippen LogP contribution in [-0.4, -0.2) is 0 Å².